The second-order valence-corrected chi connectivity index (χ2v) is 10.4. The Morgan fingerprint density at radius 3 is 2.51 bits per heavy atom. The van der Waals surface area contributed by atoms with Crippen LogP contribution in [0.15, 0.2) is 82.8 Å². The summed E-state index contributed by atoms with van der Waals surface area (Å²) >= 11 is 1.10. The number of benzene rings is 3. The summed E-state index contributed by atoms with van der Waals surface area (Å²) in [6, 6.07) is 16.7. The van der Waals surface area contributed by atoms with Crippen LogP contribution in [0.2, 0.25) is 0 Å². The Morgan fingerprint density at radius 2 is 1.83 bits per heavy atom. The molecule has 0 bridgehead atoms. The normalized spacial score (nSPS) is 13.7. The maximum atomic E-state index is 13.2. The van der Waals surface area contributed by atoms with Crippen LogP contribution in [-0.4, -0.2) is 24.4 Å². The van der Waals surface area contributed by atoms with Gasteiger partial charge in [0.15, 0.2) is 5.84 Å². The number of alkyl halides is 3. The molecule has 35 heavy (non-hydrogen) atoms. The third kappa shape index (κ3) is 5.61. The lowest BCUT2D eigenvalue weighted by Crippen LogP contribution is -2.30. The fourth-order valence-electron chi connectivity index (χ4n) is 3.46. The third-order valence-corrected chi connectivity index (χ3v) is 7.79. The van der Waals surface area contributed by atoms with Crippen LogP contribution in [0.25, 0.3) is 10.2 Å². The van der Waals surface area contributed by atoms with E-state index < -0.39 is 27.8 Å². The fraction of sp³-hybridized carbons (Fsp3) is 0.130. The topological polar surface area (TPSA) is 118 Å². The zero-order valence-corrected chi connectivity index (χ0v) is 19.5. The molecular formula is C23H19F3N4O3S2. The number of nitrogens with one attached hydrogen (secondary N) is 1. The van der Waals surface area contributed by atoms with Gasteiger partial charge in [0, 0.05) is 5.56 Å². The minimum Gasteiger partial charge on any atom is -0.409 e. The number of sulfonamides is 1. The minimum absolute atomic E-state index is 0.0378. The van der Waals surface area contributed by atoms with Crippen LogP contribution < -0.4 is 10.5 Å². The highest BCUT2D eigenvalue weighted by molar-refractivity contribution is 7.89. The monoisotopic (exact) mass is 520 g/mol. The van der Waals surface area contributed by atoms with Crippen molar-refractivity contribution in [1.29, 1.82) is 0 Å². The summed E-state index contributed by atoms with van der Waals surface area (Å²) in [6.45, 7) is 0. The molecule has 0 saturated carbocycles. The van der Waals surface area contributed by atoms with Gasteiger partial charge >= 0.3 is 6.18 Å². The number of rotatable bonds is 7. The molecule has 12 heteroatoms. The van der Waals surface area contributed by atoms with Gasteiger partial charge in [-0.3, -0.25) is 0 Å². The maximum Gasteiger partial charge on any atom is 0.416 e. The molecule has 0 spiro atoms. The number of nitrogens with two attached hydrogens (primary N) is 1. The highest BCUT2D eigenvalue weighted by atomic mass is 32.2. The van der Waals surface area contributed by atoms with E-state index in [0.717, 1.165) is 23.5 Å². The van der Waals surface area contributed by atoms with Crippen molar-refractivity contribution < 1.29 is 26.8 Å². The quantitative estimate of drug-likeness (QED) is 0.142. The molecule has 1 heterocycles. The standard InChI is InChI=1S/C23H19F3N4O3S2/c24-23(25,26)16-9-10-20-18(13-16)28-22(34-20)19(30-35(32,33)17-7-2-1-3-8-17)12-14-5-4-6-15(11-14)21(27)29-31/h1-11,13,19,30-31H,12H2,(H2,27,29). The summed E-state index contributed by atoms with van der Waals surface area (Å²) in [5.74, 6) is -0.118. The molecule has 0 fully saturated rings. The van der Waals surface area contributed by atoms with Gasteiger partial charge in [0.1, 0.15) is 5.01 Å². The van der Waals surface area contributed by atoms with Crippen molar-refractivity contribution in [3.63, 3.8) is 0 Å². The zero-order valence-electron chi connectivity index (χ0n) is 17.9. The minimum atomic E-state index is -4.53. The van der Waals surface area contributed by atoms with E-state index in [1.54, 1.807) is 42.5 Å². The van der Waals surface area contributed by atoms with E-state index in [-0.39, 0.29) is 22.7 Å². The number of halogens is 3. The van der Waals surface area contributed by atoms with Gasteiger partial charge in [-0.2, -0.15) is 13.2 Å². The second kappa shape index (κ2) is 9.64. The Kier molecular flexibility index (Phi) is 6.79. The average Bonchev–Trinajstić information content (AvgIpc) is 3.27. The van der Waals surface area contributed by atoms with Gasteiger partial charge in [0.05, 0.1) is 26.7 Å². The summed E-state index contributed by atoms with van der Waals surface area (Å²) in [7, 11) is -3.98. The van der Waals surface area contributed by atoms with Gasteiger partial charge < -0.3 is 10.9 Å². The summed E-state index contributed by atoms with van der Waals surface area (Å²) in [4.78, 5) is 4.38. The van der Waals surface area contributed by atoms with Gasteiger partial charge in [-0.1, -0.05) is 41.6 Å². The molecule has 0 amide bonds. The van der Waals surface area contributed by atoms with E-state index in [4.69, 9.17) is 10.9 Å². The molecule has 0 aliphatic rings. The zero-order chi connectivity index (χ0) is 25.2. The lowest BCUT2D eigenvalue weighted by Gasteiger charge is -2.17. The number of thiazole rings is 1. The van der Waals surface area contributed by atoms with Crippen LogP contribution >= 0.6 is 11.3 Å². The first-order valence-electron chi connectivity index (χ1n) is 10.2. The van der Waals surface area contributed by atoms with Crippen molar-refractivity contribution >= 4 is 37.4 Å². The van der Waals surface area contributed by atoms with Crippen molar-refractivity contribution in [1.82, 2.24) is 9.71 Å². The van der Waals surface area contributed by atoms with E-state index in [0.29, 0.717) is 20.8 Å². The summed E-state index contributed by atoms with van der Waals surface area (Å²) in [5.41, 5.74) is 6.02. The molecule has 0 aliphatic heterocycles. The Bertz CT molecular complexity index is 1490. The van der Waals surface area contributed by atoms with Crippen molar-refractivity contribution in [3.8, 4) is 0 Å². The Labute approximate surface area is 202 Å². The van der Waals surface area contributed by atoms with E-state index in [9.17, 15) is 21.6 Å². The van der Waals surface area contributed by atoms with Crippen LogP contribution in [0.5, 0.6) is 0 Å². The number of amidine groups is 1. The van der Waals surface area contributed by atoms with E-state index in [2.05, 4.69) is 14.9 Å². The van der Waals surface area contributed by atoms with Crippen LogP contribution in [0.1, 0.15) is 27.7 Å². The SMILES string of the molecule is NC(=NO)c1cccc(CC(NS(=O)(=O)c2ccccc2)c2nc3cc(C(F)(F)F)ccc3s2)c1. The van der Waals surface area contributed by atoms with Gasteiger partial charge in [0.25, 0.3) is 0 Å². The predicted octanol–water partition coefficient (Wildman–Crippen LogP) is 4.67. The summed E-state index contributed by atoms with van der Waals surface area (Å²) in [6.07, 6.45) is -4.41. The van der Waals surface area contributed by atoms with Gasteiger partial charge in [-0.25, -0.2) is 18.1 Å². The number of hydrogen-bond donors (Lipinski definition) is 3. The molecule has 0 saturated heterocycles. The lowest BCUT2D eigenvalue weighted by molar-refractivity contribution is -0.137. The molecule has 182 valence electrons. The van der Waals surface area contributed by atoms with Gasteiger partial charge in [-0.15, -0.1) is 11.3 Å². The third-order valence-electron chi connectivity index (χ3n) is 5.15. The molecule has 4 N–H and O–H groups in total. The van der Waals surface area contributed by atoms with Crippen LogP contribution in [-0.2, 0) is 22.6 Å². The molecule has 1 atom stereocenters. The van der Waals surface area contributed by atoms with Crippen molar-refractivity contribution in [3.05, 3.63) is 94.5 Å². The van der Waals surface area contributed by atoms with Crippen molar-refractivity contribution in [2.45, 2.75) is 23.5 Å². The van der Waals surface area contributed by atoms with Crippen molar-refractivity contribution in [2.24, 2.45) is 10.9 Å². The number of oxime groups is 1. The molecule has 4 rings (SSSR count). The van der Waals surface area contributed by atoms with Crippen molar-refractivity contribution in [2.75, 3.05) is 0 Å². The molecule has 0 aliphatic carbocycles. The van der Waals surface area contributed by atoms with Crippen LogP contribution in [0.3, 0.4) is 0 Å². The number of nitrogens with zero attached hydrogens (tertiary/aromatic N) is 2. The van der Waals surface area contributed by atoms with Crippen LogP contribution in [0, 0.1) is 0 Å². The highest BCUT2D eigenvalue weighted by Gasteiger charge is 2.31. The predicted molar refractivity (Wildman–Crippen MR) is 127 cm³/mol. The molecule has 1 aromatic heterocycles. The average molecular weight is 521 g/mol. The number of aromatic nitrogens is 1. The largest absolute Gasteiger partial charge is 0.416 e. The maximum absolute atomic E-state index is 13.2. The van der Waals surface area contributed by atoms with E-state index >= 15 is 0 Å². The molecule has 4 aromatic rings. The molecule has 0 radical (unpaired) electrons. The summed E-state index contributed by atoms with van der Waals surface area (Å²) in [5, 5.41) is 12.2. The smallest absolute Gasteiger partial charge is 0.409 e. The fourth-order valence-corrected chi connectivity index (χ4v) is 5.75. The van der Waals surface area contributed by atoms with Crippen LogP contribution in [0.4, 0.5) is 13.2 Å². The first kappa shape index (κ1) is 24.6. The lowest BCUT2D eigenvalue weighted by atomic mass is 10.0. The first-order valence-corrected chi connectivity index (χ1v) is 12.5. The molecule has 7 nitrogen and oxygen atoms in total. The molecular weight excluding hydrogens is 501 g/mol. The number of hydrogen-bond acceptors (Lipinski definition) is 6. The number of fused-ring (bicyclic) bond motifs is 1. The molecule has 3 aromatic carbocycles. The van der Waals surface area contributed by atoms with E-state index in [1.807, 2.05) is 0 Å². The Balaban J connectivity index is 1.76. The highest BCUT2D eigenvalue weighted by Crippen LogP contribution is 2.35. The Hall–Kier alpha value is -3.48. The van der Waals surface area contributed by atoms with Gasteiger partial charge in [-0.05, 0) is 48.4 Å². The summed E-state index contributed by atoms with van der Waals surface area (Å²) < 4.78 is 68.7. The van der Waals surface area contributed by atoms with E-state index in [1.165, 1.54) is 18.2 Å². The van der Waals surface area contributed by atoms with Gasteiger partial charge in [0.2, 0.25) is 10.0 Å². The first-order chi connectivity index (χ1) is 16.6. The Morgan fingerprint density at radius 1 is 1.09 bits per heavy atom. The molecule has 1 unspecified atom stereocenters. The second-order valence-electron chi connectivity index (χ2n) is 7.61.